The van der Waals surface area contributed by atoms with Gasteiger partial charge in [-0.2, -0.15) is 27.3 Å². The van der Waals surface area contributed by atoms with E-state index in [1.807, 2.05) is 0 Å². The number of carbonyl (C=O) groups excluding carboxylic acids is 1. The molecule has 1 heterocycles. The van der Waals surface area contributed by atoms with Crippen LogP contribution in [-0.2, 0) is 10.9 Å². The number of ether oxygens (including phenoxy) is 2. The van der Waals surface area contributed by atoms with E-state index in [-0.39, 0.29) is 28.2 Å². The second-order valence-corrected chi connectivity index (χ2v) is 8.60. The van der Waals surface area contributed by atoms with Gasteiger partial charge in [0.15, 0.2) is 5.69 Å². The Kier molecular flexibility index (Phi) is 6.92. The maximum absolute atomic E-state index is 13.8. The van der Waals surface area contributed by atoms with Crippen molar-refractivity contribution in [1.29, 1.82) is 0 Å². The Hall–Kier alpha value is -1.07. The first-order chi connectivity index (χ1) is 12.8. The minimum atomic E-state index is -4.71. The molecule has 0 aliphatic carbocycles. The molecule has 0 aliphatic heterocycles. The zero-order valence-corrected chi connectivity index (χ0v) is 17.5. The fraction of sp³-hybridized carbons (Fsp3) is 0.286. The van der Waals surface area contributed by atoms with E-state index >= 15 is 0 Å². The van der Waals surface area contributed by atoms with Crippen LogP contribution in [0.3, 0.4) is 0 Å². The first kappa shape index (κ1) is 23.2. The van der Waals surface area contributed by atoms with Crippen molar-refractivity contribution in [3.05, 3.63) is 33.4 Å². The molecule has 1 aromatic carbocycles. The van der Waals surface area contributed by atoms with Crippen LogP contribution in [0.2, 0.25) is 10.0 Å². The molecule has 2 aromatic rings. The number of halogens is 8. The summed E-state index contributed by atoms with van der Waals surface area (Å²) >= 11 is 22.8. The highest BCUT2D eigenvalue weighted by atomic mass is 35.5. The van der Waals surface area contributed by atoms with E-state index in [0.29, 0.717) is 12.1 Å². The molecular formula is C14H8Cl4F4N2O3S. The molecule has 0 saturated heterocycles. The third-order valence-corrected chi connectivity index (χ3v) is 4.99. The van der Waals surface area contributed by atoms with Crippen molar-refractivity contribution in [2.45, 2.75) is 15.0 Å². The molecule has 0 unspecified atom stereocenters. The molecule has 0 N–H and O–H groups in total. The molecule has 2 rings (SSSR count). The van der Waals surface area contributed by atoms with Gasteiger partial charge in [-0.05, 0) is 23.9 Å². The zero-order valence-electron chi connectivity index (χ0n) is 13.7. The molecule has 0 aliphatic rings. The molecule has 154 valence electrons. The van der Waals surface area contributed by atoms with Gasteiger partial charge >= 0.3 is 16.1 Å². The van der Waals surface area contributed by atoms with Gasteiger partial charge in [-0.3, -0.25) is 0 Å². The summed E-state index contributed by atoms with van der Waals surface area (Å²) in [4.78, 5) is 11.7. The molecule has 1 aromatic heterocycles. The lowest BCUT2D eigenvalue weighted by molar-refractivity contribution is -0.137. The molecule has 0 spiro atoms. The number of methoxy groups -OCH3 is 2. The number of thioether (sulfide) groups is 1. The Morgan fingerprint density at radius 3 is 2.07 bits per heavy atom. The fourth-order valence-electron chi connectivity index (χ4n) is 2.09. The number of benzene rings is 1. The average molecular weight is 502 g/mol. The van der Waals surface area contributed by atoms with Crippen LogP contribution in [0.1, 0.15) is 16.1 Å². The smallest absolute Gasteiger partial charge is 0.416 e. The van der Waals surface area contributed by atoms with Crippen molar-refractivity contribution >= 4 is 64.1 Å². The summed E-state index contributed by atoms with van der Waals surface area (Å²) in [5.41, 5.74) is -1.83. The summed E-state index contributed by atoms with van der Waals surface area (Å²) < 4.78 is 60.2. The van der Waals surface area contributed by atoms with E-state index < -0.39 is 37.4 Å². The Balaban J connectivity index is 2.78. The van der Waals surface area contributed by atoms with Crippen molar-refractivity contribution in [2.24, 2.45) is 0 Å². The van der Waals surface area contributed by atoms with Gasteiger partial charge in [0.05, 0.1) is 29.8 Å². The van der Waals surface area contributed by atoms with Gasteiger partial charge in [-0.25, -0.2) is 4.79 Å². The summed E-state index contributed by atoms with van der Waals surface area (Å²) in [6, 6.07) is 1.22. The molecule has 14 heteroatoms. The predicted molar refractivity (Wildman–Crippen MR) is 97.9 cm³/mol. The fourth-order valence-corrected chi connectivity index (χ4v) is 3.91. The molecule has 5 nitrogen and oxygen atoms in total. The molecule has 0 atom stereocenters. The Morgan fingerprint density at radius 1 is 1.14 bits per heavy atom. The van der Waals surface area contributed by atoms with Crippen LogP contribution in [0.5, 0.6) is 5.88 Å². The van der Waals surface area contributed by atoms with E-state index in [1.165, 1.54) is 0 Å². The third kappa shape index (κ3) is 4.91. The molecule has 28 heavy (non-hydrogen) atoms. The summed E-state index contributed by atoms with van der Waals surface area (Å²) in [5, 5.41) is 2.96. The van der Waals surface area contributed by atoms with Gasteiger partial charge in [0, 0.05) is 0 Å². The van der Waals surface area contributed by atoms with Gasteiger partial charge in [-0.1, -0.05) is 46.4 Å². The first-order valence-electron chi connectivity index (χ1n) is 6.87. The normalized spacial score (nSPS) is 12.2. The lowest BCUT2D eigenvalue weighted by atomic mass is 10.2. The SMILES string of the molecule is COC(=O)c1nn(-c2c(Cl)cc(C(F)(F)F)cc2Cl)c(OC)c1SC(F)(Cl)Cl. The highest BCUT2D eigenvalue weighted by Crippen LogP contribution is 2.48. The Bertz CT molecular complexity index is 892. The van der Waals surface area contributed by atoms with Crippen LogP contribution in [0.15, 0.2) is 17.0 Å². The van der Waals surface area contributed by atoms with Crippen molar-refractivity contribution < 1.29 is 31.8 Å². The summed E-state index contributed by atoms with van der Waals surface area (Å²) in [7, 11) is 2.16. The molecule has 0 fully saturated rings. The minimum Gasteiger partial charge on any atom is -0.480 e. The van der Waals surface area contributed by atoms with Gasteiger partial charge in [0.1, 0.15) is 10.6 Å². The van der Waals surface area contributed by atoms with Crippen molar-refractivity contribution in [2.75, 3.05) is 14.2 Å². The van der Waals surface area contributed by atoms with E-state index in [0.717, 1.165) is 18.9 Å². The maximum Gasteiger partial charge on any atom is 0.416 e. The Labute approximate surface area is 179 Å². The van der Waals surface area contributed by atoms with E-state index in [9.17, 15) is 22.4 Å². The van der Waals surface area contributed by atoms with Crippen LogP contribution >= 0.6 is 58.2 Å². The highest BCUT2D eigenvalue weighted by molar-refractivity contribution is 8.03. The first-order valence-corrected chi connectivity index (χ1v) is 9.20. The standard InChI is InChI=1S/C14H8Cl4F4N2O3S/c1-26-11-10(28-14(17,18)22)8(12(25)27-2)23-24(11)9-6(15)3-5(4-7(9)16)13(19,20)21/h3-4H,1-2H3. The van der Waals surface area contributed by atoms with Crippen LogP contribution in [-0.4, -0.2) is 33.9 Å². The molecular weight excluding hydrogens is 494 g/mol. The number of hydrogen-bond donors (Lipinski definition) is 0. The molecule has 0 amide bonds. The van der Waals surface area contributed by atoms with E-state index in [1.54, 1.807) is 0 Å². The van der Waals surface area contributed by atoms with Crippen LogP contribution in [0, 0.1) is 0 Å². The second kappa shape index (κ2) is 8.35. The maximum atomic E-state index is 13.8. The number of hydrogen-bond acceptors (Lipinski definition) is 5. The van der Waals surface area contributed by atoms with Crippen molar-refractivity contribution in [3.63, 3.8) is 0 Å². The zero-order chi connectivity index (χ0) is 21.4. The van der Waals surface area contributed by atoms with Gasteiger partial charge < -0.3 is 9.47 Å². The van der Waals surface area contributed by atoms with Crippen molar-refractivity contribution in [3.8, 4) is 11.6 Å². The summed E-state index contributed by atoms with van der Waals surface area (Å²) in [6.45, 7) is 0. The molecule has 0 saturated carbocycles. The highest BCUT2D eigenvalue weighted by Gasteiger charge is 2.36. The van der Waals surface area contributed by atoms with E-state index in [4.69, 9.17) is 51.1 Å². The summed E-state index contributed by atoms with van der Waals surface area (Å²) in [5.74, 6) is -1.33. The Morgan fingerprint density at radius 2 is 1.68 bits per heavy atom. The largest absolute Gasteiger partial charge is 0.480 e. The quantitative estimate of drug-likeness (QED) is 0.213. The predicted octanol–water partition coefficient (Wildman–Crippen LogP) is 6.14. The lowest BCUT2D eigenvalue weighted by Gasteiger charge is -2.14. The van der Waals surface area contributed by atoms with Crippen LogP contribution < -0.4 is 4.74 Å². The molecule has 0 bridgehead atoms. The van der Waals surface area contributed by atoms with Gasteiger partial charge in [-0.15, -0.1) is 0 Å². The third-order valence-electron chi connectivity index (χ3n) is 3.15. The number of carbonyl (C=O) groups is 1. The topological polar surface area (TPSA) is 53.3 Å². The summed E-state index contributed by atoms with van der Waals surface area (Å²) in [6.07, 6.45) is -4.71. The van der Waals surface area contributed by atoms with E-state index in [2.05, 4.69) is 9.84 Å². The minimum absolute atomic E-state index is 0.146. The number of esters is 1. The number of nitrogens with zero attached hydrogens (tertiary/aromatic N) is 2. The van der Waals surface area contributed by atoms with Gasteiger partial charge in [0.25, 0.3) is 0 Å². The number of aromatic nitrogens is 2. The van der Waals surface area contributed by atoms with Crippen LogP contribution in [0.4, 0.5) is 17.6 Å². The van der Waals surface area contributed by atoms with Gasteiger partial charge in [0.2, 0.25) is 5.88 Å². The second-order valence-electron chi connectivity index (χ2n) is 4.92. The monoisotopic (exact) mass is 500 g/mol. The van der Waals surface area contributed by atoms with Crippen molar-refractivity contribution in [1.82, 2.24) is 9.78 Å². The lowest BCUT2D eigenvalue weighted by Crippen LogP contribution is -2.09. The average Bonchev–Trinajstić information content (AvgIpc) is 2.88. The number of alkyl halides is 6. The molecule has 0 radical (unpaired) electrons. The van der Waals surface area contributed by atoms with Crippen LogP contribution in [0.25, 0.3) is 5.69 Å². The number of rotatable bonds is 5.